The monoisotopic (exact) mass is 188 g/mol. The van der Waals surface area contributed by atoms with Gasteiger partial charge in [-0.3, -0.25) is 0 Å². The van der Waals surface area contributed by atoms with E-state index in [1.807, 2.05) is 0 Å². The smallest absolute Gasteiger partial charge is 0.329 e. The number of carboxylic acid groups (broad SMARTS) is 1. The Morgan fingerprint density at radius 3 is 2.38 bits per heavy atom. The molecule has 0 radical (unpaired) electrons. The largest absolute Gasteiger partial charge is 0.480 e. The molecule has 0 aromatic rings. The normalized spacial score (nSPS) is 11.6. The highest BCUT2D eigenvalue weighted by Crippen LogP contribution is 2.21. The van der Waals surface area contributed by atoms with Gasteiger partial charge in [0.25, 0.3) is 0 Å². The van der Waals surface area contributed by atoms with Crippen LogP contribution in [0.1, 0.15) is 40.0 Å². The number of carboxylic acids is 1. The molecule has 0 aromatic heterocycles. The van der Waals surface area contributed by atoms with Crippen LogP contribution in [0.3, 0.4) is 0 Å². The molecule has 0 aliphatic heterocycles. The van der Waals surface area contributed by atoms with E-state index in [9.17, 15) is 4.79 Å². The minimum absolute atomic E-state index is 0.171. The maximum absolute atomic E-state index is 10.1. The summed E-state index contributed by atoms with van der Waals surface area (Å²) in [4.78, 5) is 10.1. The van der Waals surface area contributed by atoms with Gasteiger partial charge in [-0.15, -0.1) is 0 Å². The third-order valence-corrected chi connectivity index (χ3v) is 1.69. The van der Waals surface area contributed by atoms with Crippen molar-refractivity contribution >= 4 is 5.97 Å². The number of unbranched alkanes of at least 4 members (excludes halogenated alkanes) is 1. The maximum atomic E-state index is 10.1. The number of rotatable bonds is 6. The zero-order chi connectivity index (χ0) is 10.3. The van der Waals surface area contributed by atoms with Gasteiger partial charge >= 0.3 is 5.97 Å². The third kappa shape index (κ3) is 11.4. The van der Waals surface area contributed by atoms with Crippen molar-refractivity contribution in [2.75, 3.05) is 13.2 Å². The fourth-order valence-corrected chi connectivity index (χ4v) is 1.02. The highest BCUT2D eigenvalue weighted by Gasteiger charge is 2.08. The molecule has 1 N–H and O–H groups in total. The molecule has 0 bridgehead atoms. The van der Waals surface area contributed by atoms with Crippen LogP contribution in [-0.4, -0.2) is 24.3 Å². The van der Waals surface area contributed by atoms with Crippen LogP contribution in [0.5, 0.6) is 0 Å². The summed E-state index contributed by atoms with van der Waals surface area (Å²) in [5.41, 5.74) is 0.368. The lowest BCUT2D eigenvalue weighted by Crippen LogP contribution is -2.09. The van der Waals surface area contributed by atoms with Gasteiger partial charge in [0.1, 0.15) is 6.61 Å². The van der Waals surface area contributed by atoms with Crippen molar-refractivity contribution in [1.82, 2.24) is 0 Å². The molecule has 0 aromatic carbocycles. The van der Waals surface area contributed by atoms with Gasteiger partial charge in [0.05, 0.1) is 0 Å². The van der Waals surface area contributed by atoms with E-state index in [2.05, 4.69) is 20.8 Å². The van der Waals surface area contributed by atoms with Gasteiger partial charge in [0.2, 0.25) is 0 Å². The van der Waals surface area contributed by atoms with E-state index < -0.39 is 5.97 Å². The molecule has 0 amide bonds. The molecule has 3 nitrogen and oxygen atoms in total. The van der Waals surface area contributed by atoms with Crippen LogP contribution in [-0.2, 0) is 9.53 Å². The Bertz CT molecular complexity index is 147. The van der Waals surface area contributed by atoms with Crippen LogP contribution in [0.2, 0.25) is 0 Å². The maximum Gasteiger partial charge on any atom is 0.329 e. The summed E-state index contributed by atoms with van der Waals surface area (Å²) in [5, 5.41) is 8.27. The second-order valence-electron chi connectivity index (χ2n) is 4.46. The summed E-state index contributed by atoms with van der Waals surface area (Å²) in [6.07, 6.45) is 3.21. The summed E-state index contributed by atoms with van der Waals surface area (Å²) >= 11 is 0. The first-order chi connectivity index (χ1) is 5.92. The summed E-state index contributed by atoms with van der Waals surface area (Å²) in [6, 6.07) is 0. The first-order valence-electron chi connectivity index (χ1n) is 4.71. The Kier molecular flexibility index (Phi) is 5.71. The van der Waals surface area contributed by atoms with Crippen molar-refractivity contribution < 1.29 is 14.6 Å². The van der Waals surface area contributed by atoms with Crippen LogP contribution >= 0.6 is 0 Å². The minimum atomic E-state index is -0.893. The molecular weight excluding hydrogens is 168 g/mol. The highest BCUT2D eigenvalue weighted by atomic mass is 16.5. The molecule has 0 rings (SSSR count). The predicted octanol–water partition coefficient (Wildman–Crippen LogP) is 2.30. The standard InChI is InChI=1S/C10H20O3/c1-10(2,3)6-4-5-7-13-8-9(11)12/h4-8H2,1-3H3,(H,11,12). The van der Waals surface area contributed by atoms with E-state index in [4.69, 9.17) is 9.84 Å². The van der Waals surface area contributed by atoms with E-state index in [0.29, 0.717) is 12.0 Å². The van der Waals surface area contributed by atoms with Crippen LogP contribution in [0.15, 0.2) is 0 Å². The molecule has 3 heteroatoms. The summed E-state index contributed by atoms with van der Waals surface area (Å²) in [6.45, 7) is 6.99. The van der Waals surface area contributed by atoms with Crippen LogP contribution < -0.4 is 0 Å². The number of hydrogen-bond acceptors (Lipinski definition) is 2. The zero-order valence-electron chi connectivity index (χ0n) is 8.80. The molecular formula is C10H20O3. The molecule has 0 atom stereocenters. The van der Waals surface area contributed by atoms with Crippen molar-refractivity contribution in [3.05, 3.63) is 0 Å². The molecule has 0 fully saturated rings. The Hall–Kier alpha value is -0.570. The molecule has 0 spiro atoms. The first kappa shape index (κ1) is 12.4. The van der Waals surface area contributed by atoms with Crippen molar-refractivity contribution in [2.45, 2.75) is 40.0 Å². The second-order valence-corrected chi connectivity index (χ2v) is 4.46. The average Bonchev–Trinajstić information content (AvgIpc) is 1.93. The van der Waals surface area contributed by atoms with E-state index in [1.165, 1.54) is 0 Å². The van der Waals surface area contributed by atoms with Crippen LogP contribution in [0.4, 0.5) is 0 Å². The molecule has 0 saturated heterocycles. The predicted molar refractivity (Wildman–Crippen MR) is 51.8 cm³/mol. The number of ether oxygens (including phenoxy) is 1. The summed E-state index contributed by atoms with van der Waals surface area (Å²) < 4.78 is 4.91. The lowest BCUT2D eigenvalue weighted by atomic mass is 9.90. The van der Waals surface area contributed by atoms with Crippen LogP contribution in [0, 0.1) is 5.41 Å². The zero-order valence-corrected chi connectivity index (χ0v) is 8.80. The Morgan fingerprint density at radius 1 is 1.31 bits per heavy atom. The molecule has 0 saturated carbocycles. The Morgan fingerprint density at radius 2 is 1.92 bits per heavy atom. The fraction of sp³-hybridized carbons (Fsp3) is 0.900. The van der Waals surface area contributed by atoms with Gasteiger partial charge in [-0.2, -0.15) is 0 Å². The lowest BCUT2D eigenvalue weighted by Gasteiger charge is -2.17. The van der Waals surface area contributed by atoms with Gasteiger partial charge in [-0.25, -0.2) is 4.79 Å². The fourth-order valence-electron chi connectivity index (χ4n) is 1.02. The average molecular weight is 188 g/mol. The summed E-state index contributed by atoms with van der Waals surface area (Å²) in [5.74, 6) is -0.893. The quantitative estimate of drug-likeness (QED) is 0.650. The van der Waals surface area contributed by atoms with Crippen molar-refractivity contribution in [1.29, 1.82) is 0 Å². The number of aliphatic carboxylic acids is 1. The van der Waals surface area contributed by atoms with Gasteiger partial charge in [0, 0.05) is 6.61 Å². The lowest BCUT2D eigenvalue weighted by molar-refractivity contribution is -0.142. The number of hydrogen-bond donors (Lipinski definition) is 1. The van der Waals surface area contributed by atoms with Gasteiger partial charge in [-0.1, -0.05) is 27.2 Å². The third-order valence-electron chi connectivity index (χ3n) is 1.69. The molecule has 0 heterocycles. The van der Waals surface area contributed by atoms with E-state index >= 15 is 0 Å². The highest BCUT2D eigenvalue weighted by molar-refractivity contribution is 5.67. The summed E-state index contributed by atoms with van der Waals surface area (Å²) in [7, 11) is 0. The van der Waals surface area contributed by atoms with Crippen molar-refractivity contribution in [3.63, 3.8) is 0 Å². The van der Waals surface area contributed by atoms with E-state index in [0.717, 1.165) is 19.3 Å². The molecule has 0 aliphatic carbocycles. The first-order valence-corrected chi connectivity index (χ1v) is 4.71. The minimum Gasteiger partial charge on any atom is -0.480 e. The molecule has 13 heavy (non-hydrogen) atoms. The molecule has 78 valence electrons. The second kappa shape index (κ2) is 5.97. The molecule has 0 aliphatic rings. The van der Waals surface area contributed by atoms with E-state index in [-0.39, 0.29) is 6.61 Å². The number of carbonyl (C=O) groups is 1. The SMILES string of the molecule is CC(C)(C)CCCCOCC(=O)O. The van der Waals surface area contributed by atoms with Crippen molar-refractivity contribution in [2.24, 2.45) is 5.41 Å². The van der Waals surface area contributed by atoms with Gasteiger partial charge < -0.3 is 9.84 Å². The topological polar surface area (TPSA) is 46.5 Å². The van der Waals surface area contributed by atoms with E-state index in [1.54, 1.807) is 0 Å². The van der Waals surface area contributed by atoms with Crippen LogP contribution in [0.25, 0.3) is 0 Å². The Balaban J connectivity index is 3.13. The molecule has 0 unspecified atom stereocenters. The van der Waals surface area contributed by atoms with Gasteiger partial charge in [-0.05, 0) is 18.3 Å². The Labute approximate surface area is 80.1 Å². The van der Waals surface area contributed by atoms with Gasteiger partial charge in [0.15, 0.2) is 0 Å². The van der Waals surface area contributed by atoms with Crippen molar-refractivity contribution in [3.8, 4) is 0 Å².